The van der Waals surface area contributed by atoms with Crippen LogP contribution in [0.1, 0.15) is 43.0 Å². The zero-order valence-electron chi connectivity index (χ0n) is 19.8. The Morgan fingerprint density at radius 2 is 1.30 bits per heavy atom. The molecule has 0 spiro atoms. The highest BCUT2D eigenvalue weighted by atomic mass is 16.7. The fourth-order valence-corrected chi connectivity index (χ4v) is 3.29. The normalized spacial score (nSPS) is 12.5. The van der Waals surface area contributed by atoms with Crippen molar-refractivity contribution in [3.05, 3.63) is 113 Å². The maximum atomic E-state index is 9.52. The largest absolute Gasteiger partial charge is 0.508 e. The van der Waals surface area contributed by atoms with Gasteiger partial charge in [0.15, 0.2) is 0 Å². The summed E-state index contributed by atoms with van der Waals surface area (Å²) < 4.78 is 11.6. The first-order valence-corrected chi connectivity index (χ1v) is 11.2. The molecule has 3 aromatic carbocycles. The number of allylic oxidation sites excluding steroid dienone is 3. The van der Waals surface area contributed by atoms with Crippen LogP contribution in [0.2, 0.25) is 0 Å². The summed E-state index contributed by atoms with van der Waals surface area (Å²) in [5.41, 5.74) is 5.52. The minimum absolute atomic E-state index is 0.261. The van der Waals surface area contributed by atoms with E-state index in [-0.39, 0.29) is 5.75 Å². The number of phenols is 1. The Morgan fingerprint density at radius 3 is 1.85 bits per heavy atom. The number of hydrogen-bond donors (Lipinski definition) is 1. The molecule has 0 heterocycles. The van der Waals surface area contributed by atoms with Crippen LogP contribution in [0.15, 0.2) is 90.5 Å². The average Bonchev–Trinajstić information content (AvgIpc) is 2.79. The molecular formula is C30H32O3. The predicted molar refractivity (Wildman–Crippen MR) is 138 cm³/mol. The van der Waals surface area contributed by atoms with E-state index in [9.17, 15) is 5.11 Å². The molecule has 0 aliphatic heterocycles. The second kappa shape index (κ2) is 11.3. The molecule has 0 aromatic heterocycles. The average molecular weight is 441 g/mol. The molecule has 0 bridgehead atoms. The molecule has 0 fully saturated rings. The van der Waals surface area contributed by atoms with Crippen molar-refractivity contribution in [1.29, 1.82) is 0 Å². The smallest absolute Gasteiger partial charge is 0.204 e. The van der Waals surface area contributed by atoms with Crippen molar-refractivity contribution in [1.82, 2.24) is 0 Å². The first-order chi connectivity index (χ1) is 15.8. The minimum atomic E-state index is -0.666. The van der Waals surface area contributed by atoms with Gasteiger partial charge < -0.3 is 14.6 Å². The van der Waals surface area contributed by atoms with Gasteiger partial charge in [-0.2, -0.15) is 0 Å². The zero-order chi connectivity index (χ0) is 23.7. The molecule has 3 aromatic rings. The Morgan fingerprint density at radius 1 is 0.788 bits per heavy atom. The lowest BCUT2D eigenvalue weighted by Gasteiger charge is -2.26. The van der Waals surface area contributed by atoms with E-state index >= 15 is 0 Å². The summed E-state index contributed by atoms with van der Waals surface area (Å²) in [6.45, 7) is 8.45. The van der Waals surface area contributed by atoms with E-state index < -0.39 is 5.79 Å². The van der Waals surface area contributed by atoms with Crippen molar-refractivity contribution < 1.29 is 14.6 Å². The van der Waals surface area contributed by atoms with Crippen LogP contribution in [0.5, 0.6) is 11.5 Å². The Labute approximate surface area is 197 Å². The molecule has 0 unspecified atom stereocenters. The van der Waals surface area contributed by atoms with E-state index in [4.69, 9.17) is 9.47 Å². The van der Waals surface area contributed by atoms with Crippen molar-refractivity contribution in [3.63, 3.8) is 0 Å². The Hall–Kier alpha value is -3.56. The molecule has 3 nitrogen and oxygen atoms in total. The summed E-state index contributed by atoms with van der Waals surface area (Å²) >= 11 is 0. The number of aromatic hydroxyl groups is 1. The van der Waals surface area contributed by atoms with Crippen LogP contribution in [0.4, 0.5) is 0 Å². The van der Waals surface area contributed by atoms with Gasteiger partial charge in [-0.15, -0.1) is 0 Å². The van der Waals surface area contributed by atoms with Crippen LogP contribution in [0.25, 0.3) is 18.2 Å². The molecule has 0 amide bonds. The van der Waals surface area contributed by atoms with Gasteiger partial charge in [0, 0.05) is 20.5 Å². The molecule has 0 atom stereocenters. The second-order valence-electron chi connectivity index (χ2n) is 8.32. The fraction of sp³-hybridized carbons (Fsp3) is 0.200. The van der Waals surface area contributed by atoms with Gasteiger partial charge in [0.1, 0.15) is 11.5 Å². The zero-order valence-corrected chi connectivity index (χ0v) is 19.8. The number of benzene rings is 3. The SMILES string of the molecule is CCOC(C)(C)Oc1ccc(C=C(C=Cc2ccc(C)cc2)C=Cc2ccc(O)cc2)cc1. The van der Waals surface area contributed by atoms with E-state index in [0.717, 1.165) is 28.0 Å². The second-order valence-corrected chi connectivity index (χ2v) is 8.32. The van der Waals surface area contributed by atoms with Crippen molar-refractivity contribution in [2.24, 2.45) is 0 Å². The lowest BCUT2D eigenvalue weighted by molar-refractivity contribution is -0.152. The van der Waals surface area contributed by atoms with E-state index in [0.29, 0.717) is 6.61 Å². The fourth-order valence-electron chi connectivity index (χ4n) is 3.29. The predicted octanol–water partition coefficient (Wildman–Crippen LogP) is 7.66. The summed E-state index contributed by atoms with van der Waals surface area (Å²) in [6.07, 6.45) is 10.4. The van der Waals surface area contributed by atoms with Gasteiger partial charge in [0.2, 0.25) is 5.79 Å². The molecule has 0 aliphatic rings. The summed E-state index contributed by atoms with van der Waals surface area (Å²) in [6, 6.07) is 23.6. The van der Waals surface area contributed by atoms with Gasteiger partial charge in [-0.3, -0.25) is 0 Å². The Balaban J connectivity index is 1.84. The molecule has 0 radical (unpaired) electrons. The van der Waals surface area contributed by atoms with Crippen LogP contribution in [-0.4, -0.2) is 17.5 Å². The van der Waals surface area contributed by atoms with Crippen molar-refractivity contribution >= 4 is 18.2 Å². The maximum absolute atomic E-state index is 9.52. The number of phenolic OH excluding ortho intramolecular Hbond substituents is 1. The van der Waals surface area contributed by atoms with Gasteiger partial charge in [-0.1, -0.05) is 78.4 Å². The third kappa shape index (κ3) is 8.13. The molecule has 3 rings (SSSR count). The highest BCUT2D eigenvalue weighted by Crippen LogP contribution is 2.22. The number of hydrogen-bond acceptors (Lipinski definition) is 3. The molecule has 0 saturated carbocycles. The van der Waals surface area contributed by atoms with E-state index in [1.54, 1.807) is 12.1 Å². The van der Waals surface area contributed by atoms with Crippen molar-refractivity contribution in [3.8, 4) is 11.5 Å². The Bertz CT molecular complexity index is 1040. The first-order valence-electron chi connectivity index (χ1n) is 11.2. The standard InChI is InChI=1S/C30H32O3/c1-5-32-30(3,4)33-29-20-16-27(17-21-29)22-26(12-10-24-8-6-23(2)7-9-24)13-11-25-14-18-28(31)19-15-25/h6-22,31H,5H2,1-4H3. The number of aryl methyl sites for hydroxylation is 1. The molecule has 170 valence electrons. The number of ether oxygens (including phenoxy) is 2. The topological polar surface area (TPSA) is 38.7 Å². The molecular weight excluding hydrogens is 408 g/mol. The highest BCUT2D eigenvalue weighted by Gasteiger charge is 2.19. The third-order valence-corrected chi connectivity index (χ3v) is 4.98. The monoisotopic (exact) mass is 440 g/mol. The van der Waals surface area contributed by atoms with Crippen LogP contribution >= 0.6 is 0 Å². The van der Waals surface area contributed by atoms with Crippen LogP contribution in [0.3, 0.4) is 0 Å². The minimum Gasteiger partial charge on any atom is -0.508 e. The molecule has 0 saturated heterocycles. The maximum Gasteiger partial charge on any atom is 0.204 e. The van der Waals surface area contributed by atoms with Crippen LogP contribution in [0, 0.1) is 6.92 Å². The van der Waals surface area contributed by atoms with Crippen LogP contribution < -0.4 is 4.74 Å². The lowest BCUT2D eigenvalue weighted by Crippen LogP contribution is -2.31. The van der Waals surface area contributed by atoms with Gasteiger partial charge in [0.25, 0.3) is 0 Å². The van der Waals surface area contributed by atoms with Gasteiger partial charge in [0.05, 0.1) is 0 Å². The number of rotatable bonds is 9. The summed E-state index contributed by atoms with van der Waals surface area (Å²) in [7, 11) is 0. The van der Waals surface area contributed by atoms with Gasteiger partial charge in [-0.25, -0.2) is 0 Å². The Kier molecular flexibility index (Phi) is 8.28. The van der Waals surface area contributed by atoms with Gasteiger partial charge in [-0.05, 0) is 66.5 Å². The third-order valence-electron chi connectivity index (χ3n) is 4.98. The quantitative estimate of drug-likeness (QED) is 0.274. The van der Waals surface area contributed by atoms with E-state index in [2.05, 4.69) is 55.5 Å². The van der Waals surface area contributed by atoms with E-state index in [1.807, 2.05) is 63.2 Å². The molecule has 33 heavy (non-hydrogen) atoms. The molecule has 0 aliphatic carbocycles. The molecule has 1 N–H and O–H groups in total. The highest BCUT2D eigenvalue weighted by molar-refractivity contribution is 5.68. The van der Waals surface area contributed by atoms with Crippen molar-refractivity contribution in [2.45, 2.75) is 33.5 Å². The van der Waals surface area contributed by atoms with Crippen LogP contribution in [-0.2, 0) is 4.74 Å². The van der Waals surface area contributed by atoms with E-state index in [1.165, 1.54) is 5.56 Å². The van der Waals surface area contributed by atoms with Crippen molar-refractivity contribution in [2.75, 3.05) is 6.61 Å². The van der Waals surface area contributed by atoms with Gasteiger partial charge >= 0.3 is 0 Å². The lowest BCUT2D eigenvalue weighted by atomic mass is 10.1. The summed E-state index contributed by atoms with van der Waals surface area (Å²) in [4.78, 5) is 0. The summed E-state index contributed by atoms with van der Waals surface area (Å²) in [5, 5.41) is 9.52. The molecule has 3 heteroatoms. The first kappa shape index (κ1) is 24.1. The summed E-state index contributed by atoms with van der Waals surface area (Å²) in [5.74, 6) is 0.361.